The zero-order valence-corrected chi connectivity index (χ0v) is 8.67. The fraction of sp³-hybridized carbons (Fsp3) is 0.143. The maximum absolute atomic E-state index is 4.05. The van der Waals surface area contributed by atoms with Crippen molar-refractivity contribution in [1.82, 2.24) is 14.4 Å². The van der Waals surface area contributed by atoms with Crippen molar-refractivity contribution in [3.8, 4) is 0 Å². The summed E-state index contributed by atoms with van der Waals surface area (Å²) in [5, 5.41) is 0. The van der Waals surface area contributed by atoms with E-state index < -0.39 is 0 Å². The normalized spacial score (nSPS) is 9.55. The molecule has 3 nitrogen and oxygen atoms in total. The SMILES string of the molecule is Cc1cnc2nc[c-]cn12.[Re]. The summed E-state index contributed by atoms with van der Waals surface area (Å²) < 4.78 is 1.89. The van der Waals surface area contributed by atoms with E-state index >= 15 is 0 Å². The van der Waals surface area contributed by atoms with Gasteiger partial charge in [0.25, 0.3) is 0 Å². The maximum atomic E-state index is 4.05. The minimum Gasteiger partial charge on any atom is -0.435 e. The molecule has 2 aromatic heterocycles. The summed E-state index contributed by atoms with van der Waals surface area (Å²) in [5.41, 5.74) is 1.08. The van der Waals surface area contributed by atoms with Crippen LogP contribution in [0.3, 0.4) is 0 Å². The summed E-state index contributed by atoms with van der Waals surface area (Å²) in [7, 11) is 0. The number of hydrogen-bond donors (Lipinski definition) is 0. The minimum atomic E-state index is 0. The van der Waals surface area contributed by atoms with Gasteiger partial charge in [-0.05, 0) is 6.92 Å². The van der Waals surface area contributed by atoms with Gasteiger partial charge in [-0.3, -0.25) is 4.98 Å². The molecule has 1 radical (unpaired) electrons. The van der Waals surface area contributed by atoms with E-state index in [0.717, 1.165) is 11.5 Å². The van der Waals surface area contributed by atoms with Crippen molar-refractivity contribution in [3.05, 3.63) is 30.4 Å². The van der Waals surface area contributed by atoms with Crippen molar-refractivity contribution >= 4 is 5.78 Å². The Morgan fingerprint density at radius 2 is 2.27 bits per heavy atom. The number of nitrogens with zero attached hydrogens (tertiary/aromatic N) is 3. The molecule has 0 aliphatic rings. The Kier molecular flexibility index (Phi) is 2.38. The Morgan fingerprint density at radius 1 is 1.45 bits per heavy atom. The molecule has 57 valence electrons. The van der Waals surface area contributed by atoms with Crippen molar-refractivity contribution < 1.29 is 20.4 Å². The molecule has 0 bridgehead atoms. The second-order valence-corrected chi connectivity index (χ2v) is 2.12. The van der Waals surface area contributed by atoms with Crippen molar-refractivity contribution in [3.63, 3.8) is 0 Å². The molecule has 4 heteroatoms. The molecule has 0 fully saturated rings. The van der Waals surface area contributed by atoms with Crippen LogP contribution >= 0.6 is 0 Å². The molecule has 0 amide bonds. The maximum Gasteiger partial charge on any atom is 0.228 e. The molecule has 2 aromatic rings. The zero-order chi connectivity index (χ0) is 6.97. The van der Waals surface area contributed by atoms with Crippen LogP contribution in [0.4, 0.5) is 0 Å². The molecule has 0 saturated heterocycles. The zero-order valence-electron chi connectivity index (χ0n) is 5.95. The monoisotopic (exact) mass is 319 g/mol. The first-order valence-electron chi connectivity index (χ1n) is 3.04. The third-order valence-electron chi connectivity index (χ3n) is 1.42. The number of imidazole rings is 1. The van der Waals surface area contributed by atoms with Gasteiger partial charge in [-0.1, -0.05) is 0 Å². The van der Waals surface area contributed by atoms with Gasteiger partial charge in [0.2, 0.25) is 5.78 Å². The van der Waals surface area contributed by atoms with Crippen molar-refractivity contribution in [2.24, 2.45) is 0 Å². The average molecular weight is 318 g/mol. The first-order valence-corrected chi connectivity index (χ1v) is 3.04. The number of fused-ring (bicyclic) bond motifs is 1. The molecule has 0 unspecified atom stereocenters. The molecule has 0 aromatic carbocycles. The molecular weight excluding hydrogens is 312 g/mol. The van der Waals surface area contributed by atoms with Crippen LogP contribution in [0.1, 0.15) is 5.69 Å². The third kappa shape index (κ3) is 1.32. The van der Waals surface area contributed by atoms with Crippen LogP contribution in [-0.4, -0.2) is 14.4 Å². The molecule has 0 aliphatic heterocycles. The van der Waals surface area contributed by atoms with Crippen LogP contribution in [0.5, 0.6) is 0 Å². The molecule has 0 N–H and O–H groups in total. The smallest absolute Gasteiger partial charge is 0.228 e. The molecule has 0 aliphatic carbocycles. The molecule has 0 atom stereocenters. The van der Waals surface area contributed by atoms with Crippen LogP contribution in [0, 0.1) is 13.0 Å². The van der Waals surface area contributed by atoms with Gasteiger partial charge >= 0.3 is 0 Å². The van der Waals surface area contributed by atoms with Gasteiger partial charge in [0.1, 0.15) is 0 Å². The Morgan fingerprint density at radius 3 is 3.00 bits per heavy atom. The van der Waals surface area contributed by atoms with Crippen molar-refractivity contribution in [2.75, 3.05) is 0 Å². The van der Waals surface area contributed by atoms with E-state index in [2.05, 4.69) is 16.0 Å². The average Bonchev–Trinajstić information content (AvgIpc) is 2.34. The second kappa shape index (κ2) is 3.12. The summed E-state index contributed by atoms with van der Waals surface area (Å²) >= 11 is 0. The Hall–Kier alpha value is -0.718. The summed E-state index contributed by atoms with van der Waals surface area (Å²) in [6.45, 7) is 1.98. The van der Waals surface area contributed by atoms with Crippen LogP contribution in [0.2, 0.25) is 0 Å². The Balaban J connectivity index is 0.000000605. The van der Waals surface area contributed by atoms with Gasteiger partial charge in [0, 0.05) is 26.1 Å². The Labute approximate surface area is 78.1 Å². The number of aryl methyl sites for hydroxylation is 1. The number of hydrogen-bond acceptors (Lipinski definition) is 2. The number of aromatic nitrogens is 3. The molecule has 2 rings (SSSR count). The van der Waals surface area contributed by atoms with Crippen molar-refractivity contribution in [1.29, 1.82) is 0 Å². The van der Waals surface area contributed by atoms with Gasteiger partial charge in [0.15, 0.2) is 0 Å². The van der Waals surface area contributed by atoms with Crippen LogP contribution in [0.25, 0.3) is 5.78 Å². The standard InChI is InChI=1S/C7H6N3.Re/c1-6-5-9-7-8-3-2-4-10(6)7;/h3-5H,1H3;/q-1;. The first-order chi connectivity index (χ1) is 4.88. The first kappa shape index (κ1) is 8.38. The fourth-order valence-corrected chi connectivity index (χ4v) is 0.891. The fourth-order valence-electron chi connectivity index (χ4n) is 0.891. The quantitative estimate of drug-likeness (QED) is 0.674. The summed E-state index contributed by atoms with van der Waals surface area (Å²) in [6.07, 6.45) is 5.22. The predicted molar refractivity (Wildman–Crippen MR) is 36.6 cm³/mol. The van der Waals surface area contributed by atoms with E-state index in [4.69, 9.17) is 0 Å². The van der Waals surface area contributed by atoms with Gasteiger partial charge in [-0.2, -0.15) is 6.20 Å². The van der Waals surface area contributed by atoms with Gasteiger partial charge in [-0.15, -0.1) is 6.20 Å². The molecule has 2 heterocycles. The van der Waals surface area contributed by atoms with E-state index in [9.17, 15) is 0 Å². The van der Waals surface area contributed by atoms with Gasteiger partial charge in [0.05, 0.1) is 6.20 Å². The van der Waals surface area contributed by atoms with Gasteiger partial charge < -0.3 is 10.5 Å². The van der Waals surface area contributed by atoms with Crippen molar-refractivity contribution in [2.45, 2.75) is 6.92 Å². The van der Waals surface area contributed by atoms with E-state index in [-0.39, 0.29) is 20.4 Å². The van der Waals surface area contributed by atoms with Gasteiger partial charge in [-0.25, -0.2) is 4.98 Å². The van der Waals surface area contributed by atoms with Crippen LogP contribution < -0.4 is 0 Å². The topological polar surface area (TPSA) is 30.2 Å². The summed E-state index contributed by atoms with van der Waals surface area (Å²) in [6, 6.07) is 2.87. The predicted octanol–water partition coefficient (Wildman–Crippen LogP) is 0.835. The van der Waals surface area contributed by atoms with Crippen LogP contribution in [0.15, 0.2) is 18.6 Å². The van der Waals surface area contributed by atoms with Crippen LogP contribution in [-0.2, 0) is 20.4 Å². The minimum absolute atomic E-state index is 0. The molecule has 0 saturated carbocycles. The molecule has 0 spiro atoms. The largest absolute Gasteiger partial charge is 0.435 e. The Bertz CT molecular complexity index is 355. The second-order valence-electron chi connectivity index (χ2n) is 2.12. The van der Waals surface area contributed by atoms with E-state index in [1.807, 2.05) is 17.5 Å². The molecular formula is C7H6N3Re-. The molecule has 11 heavy (non-hydrogen) atoms. The van der Waals surface area contributed by atoms with E-state index in [1.54, 1.807) is 12.4 Å². The van der Waals surface area contributed by atoms with E-state index in [1.165, 1.54) is 0 Å². The van der Waals surface area contributed by atoms with E-state index in [0.29, 0.717) is 0 Å². The third-order valence-corrected chi connectivity index (χ3v) is 1.42. The summed E-state index contributed by atoms with van der Waals surface area (Å²) in [5.74, 6) is 0.733. The summed E-state index contributed by atoms with van der Waals surface area (Å²) in [4.78, 5) is 8.05. The number of rotatable bonds is 0.